The molecule has 0 spiro atoms. The van der Waals surface area contributed by atoms with Crippen molar-refractivity contribution in [2.45, 2.75) is 45.3 Å². The highest BCUT2D eigenvalue weighted by molar-refractivity contribution is 7.90. The van der Waals surface area contributed by atoms with Gasteiger partial charge in [-0.1, -0.05) is 0 Å². The monoisotopic (exact) mass is 319 g/mol. The van der Waals surface area contributed by atoms with Crippen LogP contribution in [0.2, 0.25) is 0 Å². The first kappa shape index (κ1) is 17.1. The van der Waals surface area contributed by atoms with E-state index in [1.165, 1.54) is 11.3 Å². The molecule has 1 aromatic rings. The van der Waals surface area contributed by atoms with Gasteiger partial charge in [0.2, 0.25) is 15.9 Å². The lowest BCUT2D eigenvalue weighted by molar-refractivity contribution is -0.116. The first-order chi connectivity index (χ1) is 9.31. The molecule has 6 nitrogen and oxygen atoms in total. The molecule has 0 fully saturated rings. The number of hydrogen-bond donors (Lipinski definition) is 2. The molecule has 0 saturated carbocycles. The number of anilines is 1. The molecule has 8 heteroatoms. The van der Waals surface area contributed by atoms with E-state index >= 15 is 0 Å². The average molecular weight is 319 g/mol. The van der Waals surface area contributed by atoms with Crippen LogP contribution < -0.4 is 10.0 Å². The summed E-state index contributed by atoms with van der Waals surface area (Å²) >= 11 is 1.39. The van der Waals surface area contributed by atoms with Gasteiger partial charge in [0, 0.05) is 18.3 Å². The van der Waals surface area contributed by atoms with Gasteiger partial charge >= 0.3 is 0 Å². The maximum absolute atomic E-state index is 11.6. The second-order valence-corrected chi connectivity index (χ2v) is 7.97. The molecule has 0 aromatic carbocycles. The zero-order valence-corrected chi connectivity index (χ0v) is 13.6. The van der Waals surface area contributed by atoms with E-state index in [2.05, 4.69) is 15.0 Å². The molecule has 1 heterocycles. The van der Waals surface area contributed by atoms with Crippen LogP contribution in [-0.2, 0) is 14.8 Å². The summed E-state index contributed by atoms with van der Waals surface area (Å²) < 4.78 is 25.5. The lowest BCUT2D eigenvalue weighted by Crippen LogP contribution is -2.31. The van der Waals surface area contributed by atoms with E-state index in [0.29, 0.717) is 30.9 Å². The lowest BCUT2D eigenvalue weighted by Gasteiger charge is -2.08. The van der Waals surface area contributed by atoms with Crippen LogP contribution in [0.3, 0.4) is 0 Å². The first-order valence-electron chi connectivity index (χ1n) is 6.51. The number of aromatic nitrogens is 1. The smallest absolute Gasteiger partial charge is 0.226 e. The number of rotatable bonds is 8. The molecule has 1 rings (SSSR count). The summed E-state index contributed by atoms with van der Waals surface area (Å²) in [7, 11) is -3.20. The molecule has 2 N–H and O–H groups in total. The van der Waals surface area contributed by atoms with Crippen molar-refractivity contribution in [1.29, 1.82) is 0 Å². The van der Waals surface area contributed by atoms with Crippen LogP contribution in [0.5, 0.6) is 0 Å². The molecule has 114 valence electrons. The van der Waals surface area contributed by atoms with Gasteiger partial charge in [0.15, 0.2) is 5.13 Å². The van der Waals surface area contributed by atoms with Crippen LogP contribution >= 0.6 is 11.3 Å². The zero-order valence-electron chi connectivity index (χ0n) is 12.0. The van der Waals surface area contributed by atoms with Crippen LogP contribution in [0.1, 0.15) is 38.8 Å². The molecule has 0 unspecified atom stereocenters. The lowest BCUT2D eigenvalue weighted by atomic mass is 10.2. The fourth-order valence-electron chi connectivity index (χ4n) is 1.38. The van der Waals surface area contributed by atoms with Crippen LogP contribution in [0.15, 0.2) is 5.38 Å². The molecule has 1 amide bonds. The number of carbonyl (C=O) groups is 1. The number of amides is 1. The largest absolute Gasteiger partial charge is 0.302 e. The average Bonchev–Trinajstić information content (AvgIpc) is 2.73. The fourth-order valence-corrected chi connectivity index (χ4v) is 2.85. The Morgan fingerprint density at radius 3 is 2.65 bits per heavy atom. The second-order valence-electron chi connectivity index (χ2n) is 4.79. The molecule has 20 heavy (non-hydrogen) atoms. The van der Waals surface area contributed by atoms with E-state index in [-0.39, 0.29) is 5.91 Å². The topological polar surface area (TPSA) is 88.2 Å². The van der Waals surface area contributed by atoms with Crippen molar-refractivity contribution < 1.29 is 13.2 Å². The van der Waals surface area contributed by atoms with E-state index in [4.69, 9.17) is 0 Å². The Balaban J connectivity index is 2.17. The molecular weight excluding hydrogens is 298 g/mol. The van der Waals surface area contributed by atoms with Gasteiger partial charge < -0.3 is 5.32 Å². The van der Waals surface area contributed by atoms with Gasteiger partial charge in [0.1, 0.15) is 0 Å². The highest BCUT2D eigenvalue weighted by Gasteiger charge is 2.14. The summed E-state index contributed by atoms with van der Waals surface area (Å²) in [5.41, 5.74) is 0.883. The minimum Gasteiger partial charge on any atom is -0.302 e. The summed E-state index contributed by atoms with van der Waals surface area (Å²) in [4.78, 5) is 15.7. The summed E-state index contributed by atoms with van der Waals surface area (Å²) in [6.07, 6.45) is 1.63. The van der Waals surface area contributed by atoms with Crippen molar-refractivity contribution in [3.05, 3.63) is 11.1 Å². The zero-order chi connectivity index (χ0) is 15.2. The molecule has 0 atom stereocenters. The van der Waals surface area contributed by atoms with Crippen LogP contribution in [0.4, 0.5) is 5.13 Å². The van der Waals surface area contributed by atoms with Crippen molar-refractivity contribution >= 4 is 32.4 Å². The molecule has 0 aliphatic carbocycles. The van der Waals surface area contributed by atoms with Crippen molar-refractivity contribution in [1.82, 2.24) is 9.71 Å². The predicted molar refractivity (Wildman–Crippen MR) is 81.4 cm³/mol. The molecular formula is C12H21N3O3S2. The Bertz CT molecular complexity index is 538. The Morgan fingerprint density at radius 1 is 1.40 bits per heavy atom. The maximum Gasteiger partial charge on any atom is 0.226 e. The molecule has 1 aromatic heterocycles. The molecule has 0 bridgehead atoms. The Labute approximate surface area is 124 Å². The van der Waals surface area contributed by atoms with Crippen molar-refractivity contribution in [3.63, 3.8) is 0 Å². The summed E-state index contributed by atoms with van der Waals surface area (Å²) in [6.45, 7) is 5.49. The predicted octanol–water partition coefficient (Wildman–Crippen LogP) is 1.89. The summed E-state index contributed by atoms with van der Waals surface area (Å²) in [5.74, 6) is -0.0916. The van der Waals surface area contributed by atoms with Crippen molar-refractivity contribution in [3.8, 4) is 0 Å². The van der Waals surface area contributed by atoms with E-state index < -0.39 is 15.3 Å². The summed E-state index contributed by atoms with van der Waals surface area (Å²) in [6, 6.07) is 0. The molecule has 0 aliphatic rings. The number of hydrogen-bond acceptors (Lipinski definition) is 5. The highest BCUT2D eigenvalue weighted by Crippen LogP contribution is 2.14. The van der Waals surface area contributed by atoms with Crippen molar-refractivity contribution in [2.24, 2.45) is 0 Å². The van der Waals surface area contributed by atoms with Crippen LogP contribution in [-0.4, -0.2) is 31.1 Å². The van der Waals surface area contributed by atoms with Gasteiger partial charge in [-0.3, -0.25) is 4.79 Å². The van der Waals surface area contributed by atoms with Crippen LogP contribution in [0, 0.1) is 6.92 Å². The molecule has 0 saturated heterocycles. The Hall–Kier alpha value is -0.990. The molecule has 0 aliphatic heterocycles. The normalized spacial score (nSPS) is 11.8. The number of carbonyl (C=O) groups excluding carboxylic acids is 1. The first-order valence-corrected chi connectivity index (χ1v) is 8.94. The molecule has 0 radical (unpaired) electrons. The quantitative estimate of drug-likeness (QED) is 0.716. The van der Waals surface area contributed by atoms with Gasteiger partial charge in [0.25, 0.3) is 0 Å². The van der Waals surface area contributed by atoms with E-state index in [1.807, 2.05) is 12.3 Å². The number of sulfonamides is 1. The van der Waals surface area contributed by atoms with Gasteiger partial charge in [0.05, 0.1) is 10.9 Å². The SMILES string of the molecule is Cc1csc(NC(=O)CCCCNS(=O)(=O)C(C)C)n1. The number of nitrogens with one attached hydrogen (secondary N) is 2. The van der Waals surface area contributed by atoms with Gasteiger partial charge in [-0.15, -0.1) is 11.3 Å². The number of unbranched alkanes of at least 4 members (excludes halogenated alkanes) is 1. The number of nitrogens with zero attached hydrogens (tertiary/aromatic N) is 1. The Morgan fingerprint density at radius 2 is 2.10 bits per heavy atom. The summed E-state index contributed by atoms with van der Waals surface area (Å²) in [5, 5.41) is 4.76. The van der Waals surface area contributed by atoms with E-state index in [9.17, 15) is 13.2 Å². The number of thiazole rings is 1. The third-order valence-electron chi connectivity index (χ3n) is 2.62. The van der Waals surface area contributed by atoms with Gasteiger partial charge in [-0.25, -0.2) is 18.1 Å². The maximum atomic E-state index is 11.6. The third-order valence-corrected chi connectivity index (χ3v) is 5.34. The standard InChI is InChI=1S/C12H21N3O3S2/c1-9(2)20(17,18)13-7-5-4-6-11(16)15-12-14-10(3)8-19-12/h8-9,13H,4-7H2,1-3H3,(H,14,15,16). The fraction of sp³-hybridized carbons (Fsp3) is 0.667. The minimum atomic E-state index is -3.20. The van der Waals surface area contributed by atoms with Gasteiger partial charge in [-0.05, 0) is 33.6 Å². The number of aryl methyl sites for hydroxylation is 1. The Kier molecular flexibility index (Phi) is 6.57. The second kappa shape index (κ2) is 7.70. The third kappa shape index (κ3) is 5.98. The van der Waals surface area contributed by atoms with E-state index in [1.54, 1.807) is 13.8 Å². The minimum absolute atomic E-state index is 0.0916. The van der Waals surface area contributed by atoms with Crippen molar-refractivity contribution in [2.75, 3.05) is 11.9 Å². The highest BCUT2D eigenvalue weighted by atomic mass is 32.2. The van der Waals surface area contributed by atoms with E-state index in [0.717, 1.165) is 5.69 Å². The van der Waals surface area contributed by atoms with Crippen LogP contribution in [0.25, 0.3) is 0 Å². The van der Waals surface area contributed by atoms with Gasteiger partial charge in [-0.2, -0.15) is 0 Å².